The summed E-state index contributed by atoms with van der Waals surface area (Å²) in [7, 11) is 0. The lowest BCUT2D eigenvalue weighted by atomic mass is 10.2. The van der Waals surface area contributed by atoms with Gasteiger partial charge in [-0.2, -0.15) is 11.8 Å². The van der Waals surface area contributed by atoms with Gasteiger partial charge < -0.3 is 10.6 Å². The normalized spacial score (nSPS) is 9.67. The number of carbonyl (C=O) groups excluding carboxylic acids is 1. The highest BCUT2D eigenvalue weighted by Crippen LogP contribution is 2.07. The van der Waals surface area contributed by atoms with E-state index in [0.29, 0.717) is 26.1 Å². The summed E-state index contributed by atoms with van der Waals surface area (Å²) >= 11 is 1.69. The Balaban J connectivity index is 0.00000289. The number of amides is 1. The van der Waals surface area contributed by atoms with E-state index in [2.05, 4.69) is 0 Å². The monoisotopic (exact) mass is 288 g/mol. The Labute approximate surface area is 120 Å². The lowest BCUT2D eigenvalue weighted by molar-refractivity contribution is -0.131. The van der Waals surface area contributed by atoms with Gasteiger partial charge in [0.1, 0.15) is 0 Å². The molecule has 18 heavy (non-hydrogen) atoms. The highest BCUT2D eigenvalue weighted by molar-refractivity contribution is 7.98. The van der Waals surface area contributed by atoms with Crippen LogP contribution in [0.15, 0.2) is 30.3 Å². The van der Waals surface area contributed by atoms with E-state index in [1.807, 2.05) is 41.5 Å². The Kier molecular flexibility index (Phi) is 9.83. The third-order valence-corrected chi connectivity index (χ3v) is 3.10. The molecule has 0 spiro atoms. The van der Waals surface area contributed by atoms with Gasteiger partial charge in [-0.25, -0.2) is 0 Å². The molecule has 1 aromatic carbocycles. The van der Waals surface area contributed by atoms with Gasteiger partial charge in [0.05, 0.1) is 0 Å². The van der Waals surface area contributed by atoms with Crippen LogP contribution in [0.2, 0.25) is 0 Å². The van der Waals surface area contributed by atoms with Crippen molar-refractivity contribution >= 4 is 30.1 Å². The van der Waals surface area contributed by atoms with E-state index in [9.17, 15) is 4.79 Å². The number of nitrogens with zero attached hydrogens (tertiary/aromatic N) is 1. The van der Waals surface area contributed by atoms with Crippen LogP contribution in [-0.2, 0) is 11.3 Å². The summed E-state index contributed by atoms with van der Waals surface area (Å²) < 4.78 is 0. The molecular formula is C13H21ClN2OS. The molecular weight excluding hydrogens is 268 g/mol. The molecule has 102 valence electrons. The largest absolute Gasteiger partial charge is 0.337 e. The number of benzene rings is 1. The second kappa shape index (κ2) is 10.2. The third-order valence-electron chi connectivity index (χ3n) is 2.49. The third kappa shape index (κ3) is 6.28. The van der Waals surface area contributed by atoms with Crippen molar-refractivity contribution in [3.8, 4) is 0 Å². The van der Waals surface area contributed by atoms with Crippen molar-refractivity contribution in [1.82, 2.24) is 4.90 Å². The van der Waals surface area contributed by atoms with E-state index in [1.165, 1.54) is 0 Å². The minimum atomic E-state index is 0. The number of hydrogen-bond donors (Lipinski definition) is 1. The summed E-state index contributed by atoms with van der Waals surface area (Å²) in [6.07, 6.45) is 2.60. The first-order valence-electron chi connectivity index (χ1n) is 5.78. The van der Waals surface area contributed by atoms with Crippen LogP contribution in [0.3, 0.4) is 0 Å². The standard InChI is InChI=1S/C13H20N2OS.ClH/c1-17-10-7-13(16)15(9-8-14)11-12-5-3-2-4-6-12;/h2-6H,7-11,14H2,1H3;1H. The van der Waals surface area contributed by atoms with E-state index in [-0.39, 0.29) is 18.3 Å². The van der Waals surface area contributed by atoms with Crippen molar-refractivity contribution in [2.75, 3.05) is 25.1 Å². The van der Waals surface area contributed by atoms with Crippen LogP contribution in [0.5, 0.6) is 0 Å². The summed E-state index contributed by atoms with van der Waals surface area (Å²) in [5, 5.41) is 0. The molecule has 2 N–H and O–H groups in total. The van der Waals surface area contributed by atoms with Gasteiger partial charge in [0.15, 0.2) is 0 Å². The van der Waals surface area contributed by atoms with Gasteiger partial charge in [-0.05, 0) is 11.8 Å². The molecule has 0 aliphatic heterocycles. The van der Waals surface area contributed by atoms with Crippen molar-refractivity contribution in [3.63, 3.8) is 0 Å². The van der Waals surface area contributed by atoms with Crippen LogP contribution in [0, 0.1) is 0 Å². The van der Waals surface area contributed by atoms with Crippen molar-refractivity contribution in [3.05, 3.63) is 35.9 Å². The fourth-order valence-electron chi connectivity index (χ4n) is 1.60. The molecule has 5 heteroatoms. The molecule has 0 aliphatic carbocycles. The molecule has 0 unspecified atom stereocenters. The summed E-state index contributed by atoms with van der Waals surface area (Å²) in [5.74, 6) is 1.06. The van der Waals surface area contributed by atoms with Gasteiger partial charge in [-0.15, -0.1) is 12.4 Å². The van der Waals surface area contributed by atoms with Crippen LogP contribution < -0.4 is 5.73 Å². The number of hydrogen-bond acceptors (Lipinski definition) is 3. The van der Waals surface area contributed by atoms with E-state index in [1.54, 1.807) is 11.8 Å². The number of rotatable bonds is 7. The molecule has 1 rings (SSSR count). The lowest BCUT2D eigenvalue weighted by Gasteiger charge is -2.22. The van der Waals surface area contributed by atoms with E-state index < -0.39 is 0 Å². The van der Waals surface area contributed by atoms with Crippen molar-refractivity contribution in [1.29, 1.82) is 0 Å². The van der Waals surface area contributed by atoms with Crippen molar-refractivity contribution in [2.45, 2.75) is 13.0 Å². The van der Waals surface area contributed by atoms with Gasteiger partial charge in [-0.3, -0.25) is 4.79 Å². The van der Waals surface area contributed by atoms with Crippen LogP contribution in [-0.4, -0.2) is 35.9 Å². The molecule has 0 radical (unpaired) electrons. The quantitative estimate of drug-likeness (QED) is 0.836. The van der Waals surface area contributed by atoms with E-state index >= 15 is 0 Å². The highest BCUT2D eigenvalue weighted by atomic mass is 35.5. The topological polar surface area (TPSA) is 46.3 Å². The molecule has 0 saturated heterocycles. The SMILES string of the molecule is CSCCC(=O)N(CCN)Cc1ccccc1.Cl. The molecule has 0 heterocycles. The van der Waals surface area contributed by atoms with E-state index in [4.69, 9.17) is 5.73 Å². The molecule has 0 aliphatic rings. The minimum Gasteiger partial charge on any atom is -0.337 e. The smallest absolute Gasteiger partial charge is 0.223 e. The predicted molar refractivity (Wildman–Crippen MR) is 81.2 cm³/mol. The average molecular weight is 289 g/mol. The van der Waals surface area contributed by atoms with Crippen LogP contribution in [0.4, 0.5) is 0 Å². The zero-order valence-electron chi connectivity index (χ0n) is 10.7. The maximum Gasteiger partial charge on any atom is 0.223 e. The Morgan fingerprint density at radius 3 is 2.56 bits per heavy atom. The first-order valence-corrected chi connectivity index (χ1v) is 7.18. The second-order valence-corrected chi connectivity index (χ2v) is 4.82. The Bertz CT molecular complexity index is 335. The summed E-state index contributed by atoms with van der Waals surface area (Å²) in [4.78, 5) is 13.8. The highest BCUT2D eigenvalue weighted by Gasteiger charge is 2.12. The zero-order valence-corrected chi connectivity index (χ0v) is 12.3. The predicted octanol–water partition coefficient (Wildman–Crippen LogP) is 2.15. The number of carbonyl (C=O) groups is 1. The first kappa shape index (κ1) is 17.3. The average Bonchev–Trinajstić information content (AvgIpc) is 2.36. The summed E-state index contributed by atoms with van der Waals surface area (Å²) in [6, 6.07) is 10.0. The molecule has 0 atom stereocenters. The number of nitrogens with two attached hydrogens (primary N) is 1. The Morgan fingerprint density at radius 1 is 1.33 bits per heavy atom. The van der Waals surface area contributed by atoms with Crippen LogP contribution in [0.25, 0.3) is 0 Å². The molecule has 0 aromatic heterocycles. The maximum absolute atomic E-state index is 12.0. The summed E-state index contributed by atoms with van der Waals surface area (Å²) in [6.45, 7) is 1.80. The summed E-state index contributed by atoms with van der Waals surface area (Å²) in [5.41, 5.74) is 6.70. The minimum absolute atomic E-state index is 0. The van der Waals surface area contributed by atoms with Gasteiger partial charge in [-0.1, -0.05) is 30.3 Å². The Hall–Kier alpha value is -0.710. The Morgan fingerprint density at radius 2 is 2.00 bits per heavy atom. The van der Waals surface area contributed by atoms with E-state index in [0.717, 1.165) is 11.3 Å². The van der Waals surface area contributed by atoms with Gasteiger partial charge in [0, 0.05) is 31.8 Å². The second-order valence-electron chi connectivity index (χ2n) is 3.83. The zero-order chi connectivity index (χ0) is 12.5. The fourth-order valence-corrected chi connectivity index (χ4v) is 1.98. The van der Waals surface area contributed by atoms with Crippen molar-refractivity contribution in [2.24, 2.45) is 5.73 Å². The van der Waals surface area contributed by atoms with Gasteiger partial charge in [0.2, 0.25) is 5.91 Å². The molecule has 1 aromatic rings. The lowest BCUT2D eigenvalue weighted by Crippen LogP contribution is -2.35. The molecule has 1 amide bonds. The maximum atomic E-state index is 12.0. The molecule has 0 fully saturated rings. The number of thioether (sulfide) groups is 1. The molecule has 0 bridgehead atoms. The van der Waals surface area contributed by atoms with Crippen LogP contribution in [0.1, 0.15) is 12.0 Å². The van der Waals surface area contributed by atoms with Gasteiger partial charge in [0.25, 0.3) is 0 Å². The first-order chi connectivity index (χ1) is 8.27. The molecule has 3 nitrogen and oxygen atoms in total. The van der Waals surface area contributed by atoms with Crippen LogP contribution >= 0.6 is 24.2 Å². The van der Waals surface area contributed by atoms with Gasteiger partial charge >= 0.3 is 0 Å². The van der Waals surface area contributed by atoms with Crippen molar-refractivity contribution < 1.29 is 4.79 Å². The fraction of sp³-hybridized carbons (Fsp3) is 0.462. The number of halogens is 1. The molecule has 0 saturated carbocycles.